The number of benzene rings is 1. The first-order valence-electron chi connectivity index (χ1n) is 6.92. The van der Waals surface area contributed by atoms with Crippen LogP contribution in [-0.2, 0) is 4.74 Å². The molecule has 1 N–H and O–H groups in total. The van der Waals surface area contributed by atoms with E-state index < -0.39 is 0 Å². The van der Waals surface area contributed by atoms with Gasteiger partial charge in [0.05, 0.1) is 6.10 Å². The minimum Gasteiger partial charge on any atom is -0.377 e. The summed E-state index contributed by atoms with van der Waals surface area (Å²) in [4.78, 5) is 0. The predicted octanol–water partition coefficient (Wildman–Crippen LogP) is 3.35. The fraction of sp³-hybridized carbons (Fsp3) is 0.600. The second kappa shape index (κ2) is 5.60. The second-order valence-electron chi connectivity index (χ2n) is 5.46. The molecule has 1 aliphatic carbocycles. The lowest BCUT2D eigenvalue weighted by Crippen LogP contribution is -2.43. The van der Waals surface area contributed by atoms with Crippen molar-refractivity contribution < 1.29 is 4.74 Å². The van der Waals surface area contributed by atoms with E-state index in [1.807, 2.05) is 12.1 Å². The van der Waals surface area contributed by atoms with Gasteiger partial charge in [0.2, 0.25) is 0 Å². The summed E-state index contributed by atoms with van der Waals surface area (Å²) in [5, 5.41) is 4.47. The first kappa shape index (κ1) is 12.5. The molecule has 3 rings (SSSR count). The van der Waals surface area contributed by atoms with E-state index in [1.165, 1.54) is 31.2 Å². The number of hydrogen-bond donors (Lipinski definition) is 1. The predicted molar refractivity (Wildman–Crippen MR) is 74.2 cm³/mol. The Morgan fingerprint density at radius 2 is 2.22 bits per heavy atom. The van der Waals surface area contributed by atoms with Crippen LogP contribution in [0.3, 0.4) is 0 Å². The minimum atomic E-state index is 0.454. The van der Waals surface area contributed by atoms with Crippen LogP contribution in [0.15, 0.2) is 24.3 Å². The topological polar surface area (TPSA) is 21.3 Å². The quantitative estimate of drug-likeness (QED) is 0.901. The molecule has 1 aliphatic heterocycles. The molecule has 0 bridgehead atoms. The molecule has 1 heterocycles. The Hall–Kier alpha value is -0.570. The molecule has 1 saturated heterocycles. The third-order valence-electron chi connectivity index (χ3n) is 4.12. The molecule has 2 fully saturated rings. The average molecular weight is 266 g/mol. The van der Waals surface area contributed by atoms with Gasteiger partial charge in [-0.3, -0.25) is 0 Å². The van der Waals surface area contributed by atoms with E-state index in [-0.39, 0.29) is 0 Å². The Bertz CT molecular complexity index is 397. The number of rotatable bonds is 4. The highest BCUT2D eigenvalue weighted by Crippen LogP contribution is 2.37. The highest BCUT2D eigenvalue weighted by molar-refractivity contribution is 6.30. The van der Waals surface area contributed by atoms with Crippen molar-refractivity contribution in [1.29, 1.82) is 0 Å². The van der Waals surface area contributed by atoms with Crippen molar-refractivity contribution in [2.24, 2.45) is 0 Å². The number of hydrogen-bond acceptors (Lipinski definition) is 2. The Kier molecular flexibility index (Phi) is 3.88. The highest BCUT2D eigenvalue weighted by Gasteiger charge is 2.30. The zero-order valence-electron chi connectivity index (χ0n) is 10.6. The third kappa shape index (κ3) is 2.87. The summed E-state index contributed by atoms with van der Waals surface area (Å²) in [5.74, 6) is 0.686. The van der Waals surface area contributed by atoms with Crippen molar-refractivity contribution in [2.75, 3.05) is 13.2 Å². The van der Waals surface area contributed by atoms with Crippen LogP contribution in [-0.4, -0.2) is 25.3 Å². The lowest BCUT2D eigenvalue weighted by atomic mass is 9.76. The Morgan fingerprint density at radius 3 is 2.94 bits per heavy atom. The van der Waals surface area contributed by atoms with E-state index in [9.17, 15) is 0 Å². The lowest BCUT2D eigenvalue weighted by Gasteiger charge is -2.37. The molecule has 2 aliphatic rings. The molecule has 0 spiro atoms. The van der Waals surface area contributed by atoms with Crippen molar-refractivity contribution in [3.05, 3.63) is 34.9 Å². The number of ether oxygens (including phenoxy) is 1. The van der Waals surface area contributed by atoms with E-state index in [1.54, 1.807) is 0 Å². The van der Waals surface area contributed by atoms with Gasteiger partial charge in [-0.2, -0.15) is 0 Å². The lowest BCUT2D eigenvalue weighted by molar-refractivity contribution is 0.102. The van der Waals surface area contributed by atoms with Crippen molar-refractivity contribution in [3.63, 3.8) is 0 Å². The normalized spacial score (nSPS) is 31.3. The first-order chi connectivity index (χ1) is 8.81. The fourth-order valence-electron chi connectivity index (χ4n) is 2.92. The summed E-state index contributed by atoms with van der Waals surface area (Å²) in [7, 11) is 0. The van der Waals surface area contributed by atoms with Gasteiger partial charge in [-0.1, -0.05) is 23.7 Å². The molecular formula is C15H20ClNO. The first-order valence-corrected chi connectivity index (χ1v) is 7.29. The fourth-order valence-corrected chi connectivity index (χ4v) is 3.12. The van der Waals surface area contributed by atoms with Crippen LogP contribution in [0, 0.1) is 0 Å². The van der Waals surface area contributed by atoms with E-state index in [4.69, 9.17) is 16.3 Å². The van der Waals surface area contributed by atoms with Gasteiger partial charge in [0, 0.05) is 24.2 Å². The second-order valence-corrected chi connectivity index (χ2v) is 5.90. The molecular weight excluding hydrogens is 246 g/mol. The van der Waals surface area contributed by atoms with E-state index in [0.717, 1.165) is 18.2 Å². The standard InChI is InChI=1S/C15H20ClNO/c16-13-4-1-3-11(7-13)12-8-14(9-12)17-10-15-5-2-6-18-15/h1,3-4,7,12,14-15,17H,2,5-6,8-10H2. The molecule has 0 radical (unpaired) electrons. The summed E-state index contributed by atoms with van der Waals surface area (Å²) < 4.78 is 5.62. The Balaban J connectivity index is 1.42. The van der Waals surface area contributed by atoms with Crippen LogP contribution in [0.2, 0.25) is 5.02 Å². The third-order valence-corrected chi connectivity index (χ3v) is 4.35. The summed E-state index contributed by atoms with van der Waals surface area (Å²) in [6.07, 6.45) is 5.36. The molecule has 98 valence electrons. The summed E-state index contributed by atoms with van der Waals surface area (Å²) in [6.45, 7) is 1.97. The summed E-state index contributed by atoms with van der Waals surface area (Å²) >= 11 is 6.02. The zero-order chi connectivity index (χ0) is 12.4. The summed E-state index contributed by atoms with van der Waals surface area (Å²) in [5.41, 5.74) is 1.39. The van der Waals surface area contributed by atoms with Crippen molar-refractivity contribution in [3.8, 4) is 0 Å². The molecule has 3 heteroatoms. The van der Waals surface area contributed by atoms with E-state index in [0.29, 0.717) is 18.1 Å². The molecule has 0 aromatic heterocycles. The van der Waals surface area contributed by atoms with Crippen LogP contribution >= 0.6 is 11.6 Å². The number of halogens is 1. The van der Waals surface area contributed by atoms with Crippen molar-refractivity contribution >= 4 is 11.6 Å². The minimum absolute atomic E-state index is 0.454. The SMILES string of the molecule is Clc1cccc(C2CC(NCC3CCCO3)C2)c1. The van der Waals surface area contributed by atoms with Gasteiger partial charge in [0.25, 0.3) is 0 Å². The van der Waals surface area contributed by atoms with Gasteiger partial charge in [-0.25, -0.2) is 0 Å². The smallest absolute Gasteiger partial charge is 0.0700 e. The number of nitrogens with one attached hydrogen (secondary N) is 1. The molecule has 1 aromatic rings. The maximum atomic E-state index is 6.02. The monoisotopic (exact) mass is 265 g/mol. The van der Waals surface area contributed by atoms with Gasteiger partial charge in [-0.15, -0.1) is 0 Å². The van der Waals surface area contributed by atoms with Crippen LogP contribution in [0.25, 0.3) is 0 Å². The molecule has 0 amide bonds. The van der Waals surface area contributed by atoms with Gasteiger partial charge in [0.1, 0.15) is 0 Å². The van der Waals surface area contributed by atoms with Crippen LogP contribution in [0.4, 0.5) is 0 Å². The van der Waals surface area contributed by atoms with E-state index >= 15 is 0 Å². The molecule has 18 heavy (non-hydrogen) atoms. The Morgan fingerprint density at radius 1 is 1.33 bits per heavy atom. The molecule has 1 unspecified atom stereocenters. The van der Waals surface area contributed by atoms with Crippen LogP contribution in [0.5, 0.6) is 0 Å². The van der Waals surface area contributed by atoms with Crippen LogP contribution in [0.1, 0.15) is 37.2 Å². The average Bonchev–Trinajstić information content (AvgIpc) is 2.80. The molecule has 1 saturated carbocycles. The highest BCUT2D eigenvalue weighted by atomic mass is 35.5. The van der Waals surface area contributed by atoms with Gasteiger partial charge in [0.15, 0.2) is 0 Å². The van der Waals surface area contributed by atoms with E-state index in [2.05, 4.69) is 17.4 Å². The van der Waals surface area contributed by atoms with Gasteiger partial charge in [-0.05, 0) is 49.3 Å². The molecule has 1 atom stereocenters. The van der Waals surface area contributed by atoms with Gasteiger partial charge >= 0.3 is 0 Å². The van der Waals surface area contributed by atoms with Crippen molar-refractivity contribution in [2.45, 2.75) is 43.7 Å². The summed E-state index contributed by atoms with van der Waals surface area (Å²) in [6, 6.07) is 8.94. The Labute approximate surface area is 114 Å². The maximum Gasteiger partial charge on any atom is 0.0700 e. The maximum absolute atomic E-state index is 6.02. The zero-order valence-corrected chi connectivity index (χ0v) is 11.3. The van der Waals surface area contributed by atoms with Crippen molar-refractivity contribution in [1.82, 2.24) is 5.32 Å². The molecule has 1 aromatic carbocycles. The van der Waals surface area contributed by atoms with Gasteiger partial charge < -0.3 is 10.1 Å². The molecule has 2 nitrogen and oxygen atoms in total. The van der Waals surface area contributed by atoms with Crippen LogP contribution < -0.4 is 5.32 Å². The largest absolute Gasteiger partial charge is 0.377 e.